The number of hydrogen-bond donors (Lipinski definition) is 7. The number of aromatic nitrogens is 1. The van der Waals surface area contributed by atoms with E-state index in [0.29, 0.717) is 0 Å². The molecule has 1 aromatic heterocycles. The molecular weight excluding hydrogens is 1370 g/mol. The maximum absolute atomic E-state index is 13.0. The first-order valence-corrected chi connectivity index (χ1v) is 32.1. The monoisotopic (exact) mass is 1400 g/mol. The molecule has 0 saturated heterocycles. The van der Waals surface area contributed by atoms with Crippen LogP contribution in [-0.4, -0.2) is 141 Å². The second-order valence-electron chi connectivity index (χ2n) is 6.25. The third-order valence-electron chi connectivity index (χ3n) is 2.67. The second-order valence-corrected chi connectivity index (χ2v) is 20.4. The van der Waals surface area contributed by atoms with E-state index in [-0.39, 0.29) is 5.82 Å². The van der Waals surface area contributed by atoms with Gasteiger partial charge in [-0.2, -0.15) is 0 Å². The molecule has 3 rings (SSSR count). The van der Waals surface area contributed by atoms with Crippen molar-refractivity contribution in [1.82, 2.24) is 4.98 Å². The first kappa shape index (κ1) is 52.4. The summed E-state index contributed by atoms with van der Waals surface area (Å²) in [4.78, 5) is 3.27. The predicted molar refractivity (Wildman–Crippen MR) is 126 cm³/mol. The zero-order valence-corrected chi connectivity index (χ0v) is 34.9. The van der Waals surface area contributed by atoms with E-state index in [0.717, 1.165) is 22.2 Å². The van der Waals surface area contributed by atoms with E-state index in [1.807, 2.05) is 36.4 Å². The van der Waals surface area contributed by atoms with Crippen LogP contribution in [0, 0.1) is 5.82 Å². The van der Waals surface area contributed by atoms with E-state index in [9.17, 15) is 21.7 Å². The van der Waals surface area contributed by atoms with Crippen molar-refractivity contribution in [2.45, 2.75) is 0 Å². The van der Waals surface area contributed by atoms with E-state index in [2.05, 4.69) is 4.98 Å². The summed E-state index contributed by atoms with van der Waals surface area (Å²) in [5.74, 6) is -0.203. The Labute approximate surface area is 278 Å². The first-order valence-electron chi connectivity index (χ1n) is 9.19. The van der Waals surface area contributed by atoms with Gasteiger partial charge in [0.15, 0.2) is 0 Å². The molecular formula is C14H16F7NO18Te6. The van der Waals surface area contributed by atoms with Crippen LogP contribution in [0.2, 0.25) is 0 Å². The van der Waals surface area contributed by atoms with Crippen LogP contribution in [0.5, 0.6) is 0 Å². The first-order chi connectivity index (χ1) is 19.8. The van der Waals surface area contributed by atoms with Crippen LogP contribution in [0.4, 0.5) is 21.7 Å². The Morgan fingerprint density at radius 3 is 1.02 bits per heavy atom. The van der Waals surface area contributed by atoms with Crippen LogP contribution in [0.15, 0.2) is 54.6 Å². The van der Waals surface area contributed by atoms with Crippen LogP contribution < -0.4 is 0 Å². The average molecular weight is 1380 g/mol. The fraction of sp³-hybridized carbons (Fsp3) is 0. The van der Waals surface area contributed by atoms with Crippen molar-refractivity contribution in [3.63, 3.8) is 0 Å². The zero-order valence-electron chi connectivity index (χ0n) is 20.9. The fourth-order valence-corrected chi connectivity index (χ4v) is 1.88. The second kappa shape index (κ2) is 23.1. The summed E-state index contributed by atoms with van der Waals surface area (Å²) in [6, 6.07) is 16.7. The van der Waals surface area contributed by atoms with Gasteiger partial charge in [-0.05, 0) is 29.8 Å². The van der Waals surface area contributed by atoms with Gasteiger partial charge in [0.05, 0.1) is 0 Å². The third kappa shape index (κ3) is 74.4. The summed E-state index contributed by atoms with van der Waals surface area (Å²) < 4.78 is 220. The average Bonchev–Trinajstić information content (AvgIpc) is 3.10. The Bertz CT molecular complexity index is 1720. The van der Waals surface area contributed by atoms with Crippen molar-refractivity contribution >= 4 is 126 Å². The molecule has 0 atom stereocenters. The zero-order chi connectivity index (χ0) is 38.0. The Morgan fingerprint density at radius 1 is 0.457 bits per heavy atom. The number of rotatable bonds is 1. The summed E-state index contributed by atoms with van der Waals surface area (Å²) >= 11 is -36.1. The van der Waals surface area contributed by atoms with E-state index in [1.54, 1.807) is 6.07 Å². The number of aromatic amines is 1. The van der Waals surface area contributed by atoms with Gasteiger partial charge >= 0.3 is 190 Å². The number of nitrogens with one attached hydrogen (secondary N) is 1. The molecule has 3 aromatic rings. The van der Waals surface area contributed by atoms with Crippen LogP contribution in [0.3, 0.4) is 0 Å². The van der Waals surface area contributed by atoms with E-state index < -0.39 is 115 Å². The van der Waals surface area contributed by atoms with E-state index in [1.165, 1.54) is 12.1 Å². The topological polar surface area (TPSA) is 342 Å². The maximum atomic E-state index is 13.0. The van der Waals surface area contributed by atoms with Gasteiger partial charge in [-0.1, -0.05) is 30.3 Å². The predicted octanol–water partition coefficient (Wildman–Crippen LogP) is -0.557. The molecule has 0 aliphatic rings. The molecule has 1 heterocycles. The normalized spacial score (nSPS) is 11.3. The Kier molecular flexibility index (Phi) is 26.3. The Morgan fingerprint density at radius 2 is 0.739 bits per heavy atom. The van der Waals surface area contributed by atoms with Crippen LogP contribution >= 0.6 is 0 Å². The fourth-order valence-electron chi connectivity index (χ4n) is 1.88. The molecule has 0 bridgehead atoms. The van der Waals surface area contributed by atoms with Crippen LogP contribution in [-0.2, 0) is 37.3 Å². The number of fused-ring (bicyclic) bond motifs is 1. The molecule has 0 unspecified atom stereocenters. The van der Waals surface area contributed by atoms with Crippen molar-refractivity contribution < 1.29 is 79.8 Å². The Balaban J connectivity index is -0.000000249. The molecule has 7 N–H and O–H groups in total. The van der Waals surface area contributed by atoms with E-state index >= 15 is 0 Å². The molecule has 46 heavy (non-hydrogen) atoms. The van der Waals surface area contributed by atoms with Crippen molar-refractivity contribution in [3.05, 3.63) is 60.4 Å². The molecule has 32 heteroatoms. The number of benzene rings is 2. The molecule has 19 nitrogen and oxygen atoms in total. The van der Waals surface area contributed by atoms with Gasteiger partial charge in [-0.3, -0.25) is 0 Å². The summed E-state index contributed by atoms with van der Waals surface area (Å²) in [6.45, 7) is 0. The number of hydrogen-bond acceptors (Lipinski definition) is 12. The van der Waals surface area contributed by atoms with Gasteiger partial charge in [-0.25, -0.2) is 4.39 Å². The molecule has 0 fully saturated rings. The SMILES string of the molecule is Fc1ccc2[nH]c(-c3ccccc3)cc2c1.O=[Te](=O)(O)F.O=[Te](=O)(O)F.O=[Te](=O)(O)F.O=[Te](=O)(O)F.O=[Te](=O)(O)F.O=[Te](=O)(O)F. The molecule has 0 aliphatic carbocycles. The van der Waals surface area contributed by atoms with Crippen LogP contribution in [0.1, 0.15) is 0 Å². The molecule has 0 spiro atoms. The minimum absolute atomic E-state index is 0.203. The van der Waals surface area contributed by atoms with Gasteiger partial charge in [0.1, 0.15) is 5.82 Å². The molecule has 0 saturated carbocycles. The van der Waals surface area contributed by atoms with Gasteiger partial charge in [0.2, 0.25) is 0 Å². The number of H-pyrrole nitrogens is 1. The van der Waals surface area contributed by atoms with Crippen molar-refractivity contribution in [2.75, 3.05) is 0 Å². The summed E-state index contributed by atoms with van der Waals surface area (Å²) in [7, 11) is 0. The van der Waals surface area contributed by atoms with Gasteiger partial charge in [0.25, 0.3) is 0 Å². The molecule has 0 amide bonds. The quantitative estimate of drug-likeness (QED) is 0.119. The van der Waals surface area contributed by atoms with Crippen molar-refractivity contribution in [2.24, 2.45) is 0 Å². The van der Waals surface area contributed by atoms with Gasteiger partial charge < -0.3 is 4.98 Å². The molecule has 0 aliphatic heterocycles. The summed E-state index contributed by atoms with van der Waals surface area (Å²) in [6.07, 6.45) is 0. The van der Waals surface area contributed by atoms with Crippen LogP contribution in [0.25, 0.3) is 22.2 Å². The van der Waals surface area contributed by atoms with Crippen molar-refractivity contribution in [3.8, 4) is 11.3 Å². The van der Waals surface area contributed by atoms with Gasteiger partial charge in [0, 0.05) is 16.6 Å². The Hall–Kier alpha value is -0.412. The number of halogens is 7. The summed E-state index contributed by atoms with van der Waals surface area (Å²) in [5.41, 5.74) is 3.08. The van der Waals surface area contributed by atoms with Gasteiger partial charge in [-0.15, -0.1) is 0 Å². The summed E-state index contributed by atoms with van der Waals surface area (Å²) in [5, 5.41) is 0.902. The minimum atomic E-state index is -6.02. The molecule has 2 aromatic carbocycles. The molecule has 270 valence electrons. The third-order valence-corrected chi connectivity index (χ3v) is 2.67. The van der Waals surface area contributed by atoms with Crippen molar-refractivity contribution in [1.29, 1.82) is 0 Å². The molecule has 0 radical (unpaired) electrons. The van der Waals surface area contributed by atoms with E-state index in [4.69, 9.17) is 58.1 Å². The standard InChI is InChI=1S/C14H10FN.6FHO3Te/c15-12-6-7-13-11(8-12)9-14(16-13)10-4-2-1-3-5-10;6*1-5(2,3)4/h1-9,16H;6*(H,2,3,4).